The van der Waals surface area contributed by atoms with Crippen LogP contribution in [0, 0.1) is 0 Å². The van der Waals surface area contributed by atoms with Crippen LogP contribution in [0.1, 0.15) is 167 Å². The lowest BCUT2D eigenvalue weighted by atomic mass is 10.1. The van der Waals surface area contributed by atoms with Crippen molar-refractivity contribution in [2.24, 2.45) is 0 Å². The zero-order valence-electron chi connectivity index (χ0n) is 32.0. The van der Waals surface area contributed by atoms with E-state index in [1.807, 2.05) is 12.1 Å². The Hall–Kier alpha value is -2.21. The minimum Gasteiger partial charge on any atom is -0.606 e. The van der Waals surface area contributed by atoms with Gasteiger partial charge in [0.05, 0.1) is 24.6 Å². The van der Waals surface area contributed by atoms with Crippen molar-refractivity contribution in [3.63, 3.8) is 0 Å². The van der Waals surface area contributed by atoms with Crippen molar-refractivity contribution in [1.29, 1.82) is 0 Å². The number of unbranched alkanes of at least 4 members (excludes halogenated alkanes) is 14. The van der Waals surface area contributed by atoms with Crippen LogP contribution in [0.2, 0.25) is 0 Å². The molecule has 2 unspecified atom stereocenters. The smallest absolute Gasteiger partial charge is 0.606 e. The highest BCUT2D eigenvalue weighted by Crippen LogP contribution is 2.61. The summed E-state index contributed by atoms with van der Waals surface area (Å²) in [5.41, 5.74) is 1.22. The molecule has 0 radical (unpaired) electrons. The minimum atomic E-state index is -2.87. The van der Waals surface area contributed by atoms with Crippen molar-refractivity contribution in [1.82, 2.24) is 0 Å². The molecule has 50 heavy (non-hydrogen) atoms. The second-order valence-corrected chi connectivity index (χ2v) is 19.0. The maximum absolute atomic E-state index is 12.1. The Morgan fingerprint density at radius 3 is 1.14 bits per heavy atom. The van der Waals surface area contributed by atoms with Crippen molar-refractivity contribution in [2.45, 2.75) is 155 Å². The molecule has 2 aromatic carbocycles. The van der Waals surface area contributed by atoms with E-state index in [1.54, 1.807) is 79.6 Å². The molecule has 2 aliphatic rings. The van der Waals surface area contributed by atoms with Gasteiger partial charge in [-0.15, -0.1) is 0 Å². The molecule has 4 rings (SSSR count). The van der Waals surface area contributed by atoms with Gasteiger partial charge in [-0.3, -0.25) is 9.59 Å². The molecule has 1 spiro atoms. The molecular formula is C42H68BO6P. The molecule has 0 aliphatic carbocycles. The first-order valence-corrected chi connectivity index (χ1v) is 22.8. The molecule has 6 nitrogen and oxygen atoms in total. The third-order valence-corrected chi connectivity index (χ3v) is 15.3. The van der Waals surface area contributed by atoms with E-state index in [0.29, 0.717) is 11.1 Å². The van der Waals surface area contributed by atoms with Gasteiger partial charge in [-0.25, -0.2) is 0 Å². The molecule has 0 amide bonds. The Labute approximate surface area is 305 Å². The Morgan fingerprint density at radius 1 is 0.460 bits per heavy atom. The molecule has 2 atom stereocenters. The molecule has 2 aromatic rings. The molecule has 0 saturated carbocycles. The predicted molar refractivity (Wildman–Crippen MR) is 211 cm³/mol. The molecule has 280 valence electrons. The molecule has 2 fully saturated rings. The number of carbonyl (C=O) groups is 2. The SMILES string of the molecule is CCCCCCCCCCCCCC[P+](CCCC)(CCCC)CCCC.O=C1O[B-]2(OC(=O)C(c3ccccc3)O2)OC1c1ccccc1. The number of carbonyl (C=O) groups excluding carboxylic acids is 2. The zero-order valence-corrected chi connectivity index (χ0v) is 32.9. The van der Waals surface area contributed by atoms with Crippen molar-refractivity contribution in [3.05, 3.63) is 71.8 Å². The van der Waals surface area contributed by atoms with E-state index in [0.717, 1.165) is 0 Å². The van der Waals surface area contributed by atoms with Crippen molar-refractivity contribution < 1.29 is 28.2 Å². The lowest BCUT2D eigenvalue weighted by Crippen LogP contribution is -2.39. The second kappa shape index (κ2) is 24.1. The van der Waals surface area contributed by atoms with Crippen molar-refractivity contribution in [2.75, 3.05) is 24.6 Å². The first-order valence-electron chi connectivity index (χ1n) is 20.3. The summed E-state index contributed by atoms with van der Waals surface area (Å²) in [6, 6.07) is 17.7. The lowest BCUT2D eigenvalue weighted by Gasteiger charge is -2.28. The van der Waals surface area contributed by atoms with Crippen LogP contribution >= 0.6 is 7.26 Å². The van der Waals surface area contributed by atoms with E-state index in [-0.39, 0.29) is 0 Å². The van der Waals surface area contributed by atoms with Gasteiger partial charge in [0.15, 0.2) is 0 Å². The second-order valence-electron chi connectivity index (χ2n) is 14.5. The van der Waals surface area contributed by atoms with E-state index in [4.69, 9.17) is 18.6 Å². The van der Waals surface area contributed by atoms with Gasteiger partial charge in [0, 0.05) is 7.26 Å². The summed E-state index contributed by atoms with van der Waals surface area (Å²) >= 11 is 0. The van der Waals surface area contributed by atoms with Crippen LogP contribution in [0.25, 0.3) is 0 Å². The van der Waals surface area contributed by atoms with E-state index in [1.165, 1.54) is 109 Å². The normalized spacial score (nSPS) is 20.1. The van der Waals surface area contributed by atoms with Gasteiger partial charge in [-0.1, -0.05) is 172 Å². The fraction of sp³-hybridized carbons (Fsp3) is 0.667. The van der Waals surface area contributed by atoms with E-state index in [9.17, 15) is 9.59 Å². The van der Waals surface area contributed by atoms with E-state index < -0.39 is 38.4 Å². The maximum Gasteiger partial charge on any atom is 0.657 e. The fourth-order valence-corrected chi connectivity index (χ4v) is 12.3. The van der Waals surface area contributed by atoms with E-state index in [2.05, 4.69) is 27.7 Å². The highest BCUT2D eigenvalue weighted by Gasteiger charge is 2.57. The quantitative estimate of drug-likeness (QED) is 0.0614. The van der Waals surface area contributed by atoms with Gasteiger partial charge >= 0.3 is 6.96 Å². The van der Waals surface area contributed by atoms with Gasteiger partial charge < -0.3 is 18.6 Å². The molecule has 0 N–H and O–H groups in total. The minimum absolute atomic E-state index is 0.610. The summed E-state index contributed by atoms with van der Waals surface area (Å²) in [5.74, 6) is -1.28. The molecular weight excluding hydrogens is 642 g/mol. The number of rotatable bonds is 24. The average molecular weight is 711 g/mol. The van der Waals surface area contributed by atoms with E-state index >= 15 is 0 Å². The predicted octanol–water partition coefficient (Wildman–Crippen LogP) is 12.2. The Morgan fingerprint density at radius 2 is 0.780 bits per heavy atom. The van der Waals surface area contributed by atoms with Gasteiger partial charge in [0.25, 0.3) is 11.9 Å². The van der Waals surface area contributed by atoms with Crippen LogP contribution < -0.4 is 0 Å². The number of hydrogen-bond donors (Lipinski definition) is 0. The number of benzene rings is 2. The summed E-state index contributed by atoms with van der Waals surface area (Å²) < 4.78 is 21.4. The van der Waals surface area contributed by atoms with Crippen LogP contribution in [0.4, 0.5) is 0 Å². The summed E-state index contributed by atoms with van der Waals surface area (Å²) in [5, 5.41) is 0. The first-order chi connectivity index (χ1) is 24.4. The van der Waals surface area contributed by atoms with Gasteiger partial charge in [-0.2, -0.15) is 0 Å². The molecule has 0 bridgehead atoms. The largest absolute Gasteiger partial charge is 0.657 e. The highest BCUT2D eigenvalue weighted by molar-refractivity contribution is 7.75. The third kappa shape index (κ3) is 14.4. The summed E-state index contributed by atoms with van der Waals surface area (Å²) in [7, 11) is -0.626. The monoisotopic (exact) mass is 710 g/mol. The molecule has 2 aliphatic heterocycles. The average Bonchev–Trinajstić information content (AvgIpc) is 3.65. The fourth-order valence-electron chi connectivity index (χ4n) is 7.14. The Balaban J connectivity index is 0.000000272. The molecule has 2 heterocycles. The van der Waals surface area contributed by atoms with Gasteiger partial charge in [-0.05, 0) is 43.2 Å². The summed E-state index contributed by atoms with van der Waals surface area (Å²) in [4.78, 5) is 24.2. The highest BCUT2D eigenvalue weighted by atomic mass is 31.2. The standard InChI is InChI=1S/C26H56P.C16H12BO6/c1-5-9-13-14-15-16-17-18-19-20-21-22-26-27(23-10-6-2,24-11-7-3)25-12-8-4;18-15-13(11-7-3-1-4-8-11)20-17(22-15)21-14(16(19)23-17)12-9-5-2-6-10-12/h5-26H2,1-4H3;1-10,13-14H/q+1;-1. The van der Waals surface area contributed by atoms with Crippen LogP contribution in [-0.4, -0.2) is 43.5 Å². The maximum atomic E-state index is 12.1. The first kappa shape index (κ1) is 42.2. The van der Waals surface area contributed by atoms with Gasteiger partial charge in [0.2, 0.25) is 0 Å². The van der Waals surface area contributed by atoms with Crippen molar-refractivity contribution >= 4 is 26.2 Å². The van der Waals surface area contributed by atoms with Crippen LogP contribution in [0.3, 0.4) is 0 Å². The topological polar surface area (TPSA) is 71.1 Å². The number of hydrogen-bond acceptors (Lipinski definition) is 6. The van der Waals surface area contributed by atoms with Crippen molar-refractivity contribution in [3.8, 4) is 0 Å². The van der Waals surface area contributed by atoms with Crippen LogP contribution in [0.15, 0.2) is 60.7 Å². The van der Waals surface area contributed by atoms with Crippen LogP contribution in [-0.2, 0) is 28.2 Å². The van der Waals surface area contributed by atoms with Crippen LogP contribution in [0.5, 0.6) is 0 Å². The molecule has 0 aromatic heterocycles. The molecule has 2 saturated heterocycles. The molecule has 8 heteroatoms. The zero-order chi connectivity index (χ0) is 35.9. The lowest BCUT2D eigenvalue weighted by molar-refractivity contribution is -0.138. The Kier molecular flexibility index (Phi) is 20.4. The summed E-state index contributed by atoms with van der Waals surface area (Å²) in [6.45, 7) is 6.60. The summed E-state index contributed by atoms with van der Waals surface area (Å²) in [6.07, 6.45) is 31.0. The Bertz CT molecular complexity index is 1110. The van der Waals surface area contributed by atoms with Gasteiger partial charge in [0.1, 0.15) is 12.2 Å². The third-order valence-electron chi connectivity index (χ3n) is 10.2.